The molecule has 0 aliphatic rings. The molecule has 0 aliphatic carbocycles. The second-order valence-corrected chi connectivity index (χ2v) is 13.1. The van der Waals surface area contributed by atoms with Crippen molar-refractivity contribution in [2.75, 3.05) is 0 Å². The lowest BCUT2D eigenvalue weighted by Gasteiger charge is -2.03. The molecule has 0 aromatic carbocycles. The molecule has 0 heterocycles. The summed E-state index contributed by atoms with van der Waals surface area (Å²) in [5.74, 6) is 0. The van der Waals surface area contributed by atoms with E-state index in [0.29, 0.717) is 0 Å². The van der Waals surface area contributed by atoms with Crippen LogP contribution in [0.1, 0.15) is 219 Å². The number of rotatable bonds is 35. The van der Waals surface area contributed by atoms with E-state index in [0.717, 1.165) is 0 Å². The van der Waals surface area contributed by atoms with Crippen molar-refractivity contribution in [2.45, 2.75) is 219 Å². The largest absolute Gasteiger partial charge is 0.0885 e. The molecule has 0 atom stereocenters. The van der Waals surface area contributed by atoms with E-state index >= 15 is 0 Å². The van der Waals surface area contributed by atoms with Crippen LogP contribution in [0.4, 0.5) is 0 Å². The number of hydrogen-bond donors (Lipinski definition) is 0. The third kappa shape index (κ3) is 39.0. The lowest BCUT2D eigenvalue weighted by molar-refractivity contribution is 0.530. The highest BCUT2D eigenvalue weighted by Gasteiger charge is 1.95. The Hall–Kier alpha value is -1.04. The molecule has 0 N–H and O–H groups in total. The SMILES string of the molecule is CCCCCCCC/C=C\CCCCCCCCC=CC=CC=CCCCCCCCCCCCCCCCCCC. The van der Waals surface area contributed by atoms with Crippen molar-refractivity contribution in [1.29, 1.82) is 0 Å². The molecular formula is C42H78. The third-order valence-corrected chi connectivity index (χ3v) is 8.71. The van der Waals surface area contributed by atoms with E-state index in [-0.39, 0.29) is 0 Å². The lowest BCUT2D eigenvalue weighted by Crippen LogP contribution is -1.83. The fourth-order valence-corrected chi connectivity index (χ4v) is 5.80. The Morgan fingerprint density at radius 3 is 0.690 bits per heavy atom. The molecule has 0 aliphatic heterocycles. The molecule has 0 saturated heterocycles. The van der Waals surface area contributed by atoms with Gasteiger partial charge in [0, 0.05) is 0 Å². The Labute approximate surface area is 267 Å². The van der Waals surface area contributed by atoms with E-state index in [1.807, 2.05) is 0 Å². The van der Waals surface area contributed by atoms with E-state index in [1.165, 1.54) is 205 Å². The van der Waals surface area contributed by atoms with Crippen molar-refractivity contribution in [3.63, 3.8) is 0 Å². The van der Waals surface area contributed by atoms with Crippen LogP contribution in [0.15, 0.2) is 48.6 Å². The van der Waals surface area contributed by atoms with Crippen molar-refractivity contribution in [2.24, 2.45) is 0 Å². The van der Waals surface area contributed by atoms with Gasteiger partial charge in [0.2, 0.25) is 0 Å². The van der Waals surface area contributed by atoms with Crippen molar-refractivity contribution in [3.8, 4) is 0 Å². The molecule has 0 aromatic heterocycles. The van der Waals surface area contributed by atoms with Crippen LogP contribution in [-0.4, -0.2) is 0 Å². The van der Waals surface area contributed by atoms with Crippen molar-refractivity contribution in [3.05, 3.63) is 48.6 Å². The maximum atomic E-state index is 2.43. The molecule has 246 valence electrons. The molecule has 0 rings (SSSR count). The molecule has 0 radical (unpaired) electrons. The van der Waals surface area contributed by atoms with E-state index in [2.05, 4.69) is 62.5 Å². The first kappa shape index (κ1) is 41.0. The molecular weight excluding hydrogens is 504 g/mol. The predicted molar refractivity (Wildman–Crippen MR) is 196 cm³/mol. The summed E-state index contributed by atoms with van der Waals surface area (Å²) in [4.78, 5) is 0. The zero-order chi connectivity index (χ0) is 30.3. The van der Waals surface area contributed by atoms with Crippen molar-refractivity contribution < 1.29 is 0 Å². The topological polar surface area (TPSA) is 0 Å². The van der Waals surface area contributed by atoms with Gasteiger partial charge in [-0.25, -0.2) is 0 Å². The molecule has 0 unspecified atom stereocenters. The number of unbranched alkanes of at least 4 members (excludes halogenated alkanes) is 29. The first-order chi connectivity index (χ1) is 20.9. The fourth-order valence-electron chi connectivity index (χ4n) is 5.80. The van der Waals surface area contributed by atoms with Crippen molar-refractivity contribution >= 4 is 0 Å². The van der Waals surface area contributed by atoms with Gasteiger partial charge in [-0.05, 0) is 51.4 Å². The van der Waals surface area contributed by atoms with Gasteiger partial charge in [-0.3, -0.25) is 0 Å². The molecule has 0 heteroatoms. The Morgan fingerprint density at radius 1 is 0.214 bits per heavy atom. The smallest absolute Gasteiger partial charge is 0.0348 e. The standard InChI is InChI=1S/C42H78/c1-3-5-7-9-11-13-15-17-19-21-23-25-27-29-31-33-35-37-39-41-42-40-38-36-34-32-30-28-26-24-22-20-18-16-14-12-10-8-6-4-2/h17,19,37-42H,3-16,18,20-36H2,1-2H3/b19-17-,39-37?,40-38?,42-41?. The zero-order valence-electron chi connectivity index (χ0n) is 29.2. The van der Waals surface area contributed by atoms with E-state index in [9.17, 15) is 0 Å². The first-order valence-corrected chi connectivity index (χ1v) is 19.5. The minimum Gasteiger partial charge on any atom is -0.0885 e. The maximum absolute atomic E-state index is 2.43. The van der Waals surface area contributed by atoms with Gasteiger partial charge in [0.1, 0.15) is 0 Å². The van der Waals surface area contributed by atoms with Crippen LogP contribution >= 0.6 is 0 Å². The Bertz CT molecular complexity index is 577. The second-order valence-electron chi connectivity index (χ2n) is 13.1. The summed E-state index contributed by atoms with van der Waals surface area (Å²) >= 11 is 0. The van der Waals surface area contributed by atoms with Gasteiger partial charge in [-0.2, -0.15) is 0 Å². The summed E-state index contributed by atoms with van der Waals surface area (Å²) in [6.07, 6.45) is 63.4. The summed E-state index contributed by atoms with van der Waals surface area (Å²) in [5.41, 5.74) is 0. The van der Waals surface area contributed by atoms with Crippen LogP contribution in [-0.2, 0) is 0 Å². The molecule has 0 saturated carbocycles. The Balaban J connectivity index is 3.25. The summed E-state index contributed by atoms with van der Waals surface area (Å²) in [6, 6.07) is 0. The molecule has 0 fully saturated rings. The molecule has 42 heavy (non-hydrogen) atoms. The third-order valence-electron chi connectivity index (χ3n) is 8.71. The summed E-state index contributed by atoms with van der Waals surface area (Å²) in [6.45, 7) is 4.60. The highest BCUT2D eigenvalue weighted by molar-refractivity contribution is 5.10. The van der Waals surface area contributed by atoms with Gasteiger partial charge in [0.25, 0.3) is 0 Å². The van der Waals surface area contributed by atoms with Gasteiger partial charge in [-0.15, -0.1) is 0 Å². The van der Waals surface area contributed by atoms with Gasteiger partial charge in [-0.1, -0.05) is 217 Å². The maximum Gasteiger partial charge on any atom is -0.0348 e. The van der Waals surface area contributed by atoms with E-state index in [4.69, 9.17) is 0 Å². The lowest BCUT2D eigenvalue weighted by atomic mass is 10.0. The second kappa shape index (κ2) is 40.0. The van der Waals surface area contributed by atoms with Gasteiger partial charge in [0.15, 0.2) is 0 Å². The quantitative estimate of drug-likeness (QED) is 0.0396. The van der Waals surface area contributed by atoms with Gasteiger partial charge in [0.05, 0.1) is 0 Å². The minimum atomic E-state index is 1.23. The first-order valence-electron chi connectivity index (χ1n) is 19.5. The summed E-state index contributed by atoms with van der Waals surface area (Å²) < 4.78 is 0. The molecule has 0 aromatic rings. The monoisotopic (exact) mass is 583 g/mol. The fraction of sp³-hybridized carbons (Fsp3) is 0.810. The predicted octanol–water partition coefficient (Wildman–Crippen LogP) is 15.7. The molecule has 0 nitrogen and oxygen atoms in total. The number of hydrogen-bond acceptors (Lipinski definition) is 0. The number of allylic oxidation sites excluding steroid dienone is 8. The van der Waals surface area contributed by atoms with Gasteiger partial charge >= 0.3 is 0 Å². The Morgan fingerprint density at radius 2 is 0.429 bits per heavy atom. The normalized spacial score (nSPS) is 12.3. The van der Waals surface area contributed by atoms with Crippen LogP contribution in [0, 0.1) is 0 Å². The molecule has 0 spiro atoms. The van der Waals surface area contributed by atoms with Crippen LogP contribution in [0.2, 0.25) is 0 Å². The zero-order valence-corrected chi connectivity index (χ0v) is 29.2. The highest BCUT2D eigenvalue weighted by atomic mass is 14.0. The minimum absolute atomic E-state index is 1.23. The van der Waals surface area contributed by atoms with Crippen LogP contribution in [0.3, 0.4) is 0 Å². The van der Waals surface area contributed by atoms with Crippen LogP contribution in [0.25, 0.3) is 0 Å². The Kier molecular flexibility index (Phi) is 39.0. The van der Waals surface area contributed by atoms with Crippen molar-refractivity contribution in [1.82, 2.24) is 0 Å². The van der Waals surface area contributed by atoms with Crippen LogP contribution < -0.4 is 0 Å². The molecule has 0 amide bonds. The summed E-state index contributed by atoms with van der Waals surface area (Å²) in [7, 11) is 0. The molecule has 0 bridgehead atoms. The average Bonchev–Trinajstić information content (AvgIpc) is 3.00. The van der Waals surface area contributed by atoms with Crippen LogP contribution in [0.5, 0.6) is 0 Å². The summed E-state index contributed by atoms with van der Waals surface area (Å²) in [5, 5.41) is 0. The average molecular weight is 583 g/mol. The van der Waals surface area contributed by atoms with Gasteiger partial charge < -0.3 is 0 Å². The highest BCUT2D eigenvalue weighted by Crippen LogP contribution is 2.14. The van der Waals surface area contributed by atoms with E-state index in [1.54, 1.807) is 0 Å². The van der Waals surface area contributed by atoms with E-state index < -0.39 is 0 Å².